The Labute approximate surface area is 189 Å². The molecule has 0 saturated carbocycles. The Kier molecular flexibility index (Phi) is 7.05. The fraction of sp³-hybridized carbons (Fsp3) is 0.480. The van der Waals surface area contributed by atoms with Gasteiger partial charge in [-0.15, -0.1) is 0 Å². The predicted molar refractivity (Wildman–Crippen MR) is 126 cm³/mol. The highest BCUT2D eigenvalue weighted by atomic mass is 16.5. The third-order valence-electron chi connectivity index (χ3n) is 5.80. The second-order valence-corrected chi connectivity index (χ2v) is 8.85. The first-order chi connectivity index (χ1) is 15.5. The Morgan fingerprint density at radius 2 is 2.16 bits per heavy atom. The molecule has 3 heterocycles. The van der Waals surface area contributed by atoms with Gasteiger partial charge in [-0.25, -0.2) is 9.67 Å². The van der Waals surface area contributed by atoms with E-state index >= 15 is 0 Å². The zero-order chi connectivity index (χ0) is 22.5. The average Bonchev–Trinajstić information content (AvgIpc) is 3.12. The zero-order valence-electron chi connectivity index (χ0n) is 19.3. The van der Waals surface area contributed by atoms with E-state index in [9.17, 15) is 4.79 Å². The van der Waals surface area contributed by atoms with Crippen molar-refractivity contribution in [2.24, 2.45) is 0 Å². The number of nitrogens with zero attached hydrogens (tertiary/aromatic N) is 4. The van der Waals surface area contributed by atoms with Crippen molar-refractivity contribution in [1.82, 2.24) is 25.0 Å². The van der Waals surface area contributed by atoms with Crippen molar-refractivity contribution in [3.05, 3.63) is 53.9 Å². The highest BCUT2D eigenvalue weighted by molar-refractivity contribution is 5.79. The standard InChI is InChI=1S/C25H33N5O2/c1-18(2)32-22-9-4-7-20(15-22)16-29-13-6-8-21(17-29)24-23-10-5-11-27-25(23)30(28-24)14-12-26-19(3)31/h4-5,7,9-11,15,18,21H,6,8,12-14,16-17H2,1-3H3,(H,26,31)/t21-/m1/s1. The summed E-state index contributed by atoms with van der Waals surface area (Å²) < 4.78 is 7.80. The van der Waals surface area contributed by atoms with Crippen LogP contribution in [0.2, 0.25) is 0 Å². The molecule has 2 aromatic heterocycles. The SMILES string of the molecule is CC(=O)NCCn1nc([C@@H]2CCCN(Cc3cccc(OC(C)C)c3)C2)c2cccnc21. The van der Waals surface area contributed by atoms with E-state index in [0.29, 0.717) is 19.0 Å². The monoisotopic (exact) mass is 435 g/mol. The Hall–Kier alpha value is -2.93. The molecule has 1 atom stereocenters. The summed E-state index contributed by atoms with van der Waals surface area (Å²) in [7, 11) is 0. The molecule has 0 spiro atoms. The van der Waals surface area contributed by atoms with Crippen LogP contribution in [0.5, 0.6) is 5.75 Å². The number of fused-ring (bicyclic) bond motifs is 1. The summed E-state index contributed by atoms with van der Waals surface area (Å²) in [5.41, 5.74) is 3.29. The molecule has 0 unspecified atom stereocenters. The number of hydrogen-bond acceptors (Lipinski definition) is 5. The molecule has 1 N–H and O–H groups in total. The third kappa shape index (κ3) is 5.46. The van der Waals surface area contributed by atoms with E-state index in [1.807, 2.05) is 23.0 Å². The molecule has 1 fully saturated rings. The van der Waals surface area contributed by atoms with E-state index in [-0.39, 0.29) is 12.0 Å². The maximum atomic E-state index is 11.2. The number of carbonyl (C=O) groups is 1. The summed E-state index contributed by atoms with van der Waals surface area (Å²) in [6, 6.07) is 12.5. The first kappa shape index (κ1) is 22.3. The third-order valence-corrected chi connectivity index (χ3v) is 5.80. The van der Waals surface area contributed by atoms with E-state index in [1.54, 1.807) is 0 Å². The van der Waals surface area contributed by atoms with Gasteiger partial charge in [0.05, 0.1) is 18.3 Å². The topological polar surface area (TPSA) is 72.3 Å². The molecule has 1 aliphatic heterocycles. The molecule has 32 heavy (non-hydrogen) atoms. The van der Waals surface area contributed by atoms with E-state index in [2.05, 4.69) is 53.3 Å². The summed E-state index contributed by atoms with van der Waals surface area (Å²) in [5.74, 6) is 1.27. The van der Waals surface area contributed by atoms with Crippen LogP contribution >= 0.6 is 0 Å². The van der Waals surface area contributed by atoms with Gasteiger partial charge in [-0.05, 0) is 63.1 Å². The maximum Gasteiger partial charge on any atom is 0.216 e. The number of carbonyl (C=O) groups excluding carboxylic acids is 1. The number of piperidine rings is 1. The lowest BCUT2D eigenvalue weighted by atomic mass is 9.93. The van der Waals surface area contributed by atoms with Crippen LogP contribution in [0.15, 0.2) is 42.6 Å². The summed E-state index contributed by atoms with van der Waals surface area (Å²) in [6.45, 7) is 9.77. The molecule has 7 heteroatoms. The van der Waals surface area contributed by atoms with Crippen LogP contribution in [0, 0.1) is 0 Å². The Balaban J connectivity index is 1.49. The predicted octanol–water partition coefficient (Wildman–Crippen LogP) is 3.73. The highest BCUT2D eigenvalue weighted by Gasteiger charge is 2.26. The molecular weight excluding hydrogens is 402 g/mol. The second kappa shape index (κ2) is 10.1. The largest absolute Gasteiger partial charge is 0.491 e. The van der Waals surface area contributed by atoms with Crippen molar-refractivity contribution >= 4 is 16.9 Å². The number of benzene rings is 1. The van der Waals surface area contributed by atoms with Crippen LogP contribution in [0.25, 0.3) is 11.0 Å². The van der Waals surface area contributed by atoms with Gasteiger partial charge >= 0.3 is 0 Å². The van der Waals surface area contributed by atoms with Crippen molar-refractivity contribution in [2.45, 2.75) is 58.7 Å². The number of amides is 1. The van der Waals surface area contributed by atoms with E-state index in [0.717, 1.165) is 55.0 Å². The van der Waals surface area contributed by atoms with Crippen molar-refractivity contribution in [3.8, 4) is 5.75 Å². The number of ether oxygens (including phenoxy) is 1. The Morgan fingerprint density at radius 3 is 2.97 bits per heavy atom. The molecular formula is C25H33N5O2. The van der Waals surface area contributed by atoms with Gasteiger partial charge in [-0.1, -0.05) is 12.1 Å². The summed E-state index contributed by atoms with van der Waals surface area (Å²) in [6.07, 6.45) is 4.25. The lowest BCUT2D eigenvalue weighted by Crippen LogP contribution is -2.34. The second-order valence-electron chi connectivity index (χ2n) is 8.85. The number of nitrogens with one attached hydrogen (secondary N) is 1. The fourth-order valence-corrected chi connectivity index (χ4v) is 4.50. The molecule has 170 valence electrons. The lowest BCUT2D eigenvalue weighted by molar-refractivity contribution is -0.118. The minimum atomic E-state index is -0.0274. The van der Waals surface area contributed by atoms with Crippen molar-refractivity contribution in [3.63, 3.8) is 0 Å². The fourth-order valence-electron chi connectivity index (χ4n) is 4.50. The van der Waals surface area contributed by atoms with Crippen LogP contribution in [0.1, 0.15) is 50.8 Å². The first-order valence-corrected chi connectivity index (χ1v) is 11.5. The summed E-state index contributed by atoms with van der Waals surface area (Å²) in [4.78, 5) is 18.3. The van der Waals surface area contributed by atoms with E-state index < -0.39 is 0 Å². The first-order valence-electron chi connectivity index (χ1n) is 11.5. The number of aromatic nitrogens is 3. The Morgan fingerprint density at radius 1 is 1.28 bits per heavy atom. The number of pyridine rings is 1. The number of likely N-dealkylation sites (tertiary alicyclic amines) is 1. The van der Waals surface area contributed by atoms with Gasteiger partial charge < -0.3 is 10.1 Å². The summed E-state index contributed by atoms with van der Waals surface area (Å²) in [5, 5.41) is 8.93. The molecule has 4 rings (SSSR count). The number of rotatable bonds is 8. The Bertz CT molecular complexity index is 1060. The van der Waals surface area contributed by atoms with Crippen LogP contribution in [-0.4, -0.2) is 51.3 Å². The molecule has 7 nitrogen and oxygen atoms in total. The number of hydrogen-bond donors (Lipinski definition) is 1. The molecule has 0 bridgehead atoms. The van der Waals surface area contributed by atoms with Gasteiger partial charge in [-0.3, -0.25) is 9.69 Å². The highest BCUT2D eigenvalue weighted by Crippen LogP contribution is 2.31. The van der Waals surface area contributed by atoms with Crippen LogP contribution in [-0.2, 0) is 17.9 Å². The molecule has 1 aromatic carbocycles. The minimum absolute atomic E-state index is 0.0274. The van der Waals surface area contributed by atoms with Gasteiger partial charge in [0, 0.05) is 44.1 Å². The van der Waals surface area contributed by atoms with Gasteiger partial charge in [0.2, 0.25) is 5.91 Å². The van der Waals surface area contributed by atoms with E-state index in [4.69, 9.17) is 9.84 Å². The average molecular weight is 436 g/mol. The maximum absolute atomic E-state index is 11.2. The van der Waals surface area contributed by atoms with Gasteiger partial charge in [0.1, 0.15) is 5.75 Å². The van der Waals surface area contributed by atoms with Crippen LogP contribution < -0.4 is 10.1 Å². The van der Waals surface area contributed by atoms with Crippen molar-refractivity contribution in [1.29, 1.82) is 0 Å². The van der Waals surface area contributed by atoms with E-state index in [1.165, 1.54) is 12.5 Å². The van der Waals surface area contributed by atoms with Crippen molar-refractivity contribution in [2.75, 3.05) is 19.6 Å². The molecule has 0 radical (unpaired) electrons. The van der Waals surface area contributed by atoms with Gasteiger partial charge in [-0.2, -0.15) is 5.10 Å². The molecule has 3 aromatic rings. The molecule has 0 aliphatic carbocycles. The summed E-state index contributed by atoms with van der Waals surface area (Å²) >= 11 is 0. The smallest absolute Gasteiger partial charge is 0.216 e. The van der Waals surface area contributed by atoms with Crippen molar-refractivity contribution < 1.29 is 9.53 Å². The minimum Gasteiger partial charge on any atom is -0.491 e. The van der Waals surface area contributed by atoms with Gasteiger partial charge in [0.15, 0.2) is 5.65 Å². The van der Waals surface area contributed by atoms with Gasteiger partial charge in [0.25, 0.3) is 0 Å². The molecule has 1 aliphatic rings. The molecule has 1 saturated heterocycles. The normalized spacial score (nSPS) is 17.1. The van der Waals surface area contributed by atoms with Crippen LogP contribution in [0.3, 0.4) is 0 Å². The zero-order valence-corrected chi connectivity index (χ0v) is 19.3. The quantitative estimate of drug-likeness (QED) is 0.584. The molecule has 1 amide bonds. The van der Waals surface area contributed by atoms with Crippen LogP contribution in [0.4, 0.5) is 0 Å². The lowest BCUT2D eigenvalue weighted by Gasteiger charge is -2.32.